The molecule has 1 aliphatic rings. The molecule has 0 spiro atoms. The van der Waals surface area contributed by atoms with Crippen LogP contribution in [0.15, 0.2) is 66.7 Å². The molecule has 0 unspecified atom stereocenters. The molecule has 1 heterocycles. The summed E-state index contributed by atoms with van der Waals surface area (Å²) in [6.07, 6.45) is 6.32. The average Bonchev–Trinajstić information content (AvgIpc) is 2.72. The molecule has 140 valence electrons. The molecular weight excluding hydrogens is 336 g/mol. The molecule has 1 fully saturated rings. The minimum atomic E-state index is -0.244. The molecule has 27 heavy (non-hydrogen) atoms. The zero-order chi connectivity index (χ0) is 18.9. The van der Waals surface area contributed by atoms with E-state index in [1.165, 1.54) is 11.6 Å². The molecule has 4 heteroatoms. The van der Waals surface area contributed by atoms with E-state index in [-0.39, 0.29) is 18.4 Å². The molecule has 2 amide bonds. The topological polar surface area (TPSA) is 49.4 Å². The minimum absolute atomic E-state index is 0.00498. The first-order valence-electron chi connectivity index (χ1n) is 9.53. The summed E-state index contributed by atoms with van der Waals surface area (Å²) in [6, 6.07) is 20.1. The Hall–Kier alpha value is -2.88. The fourth-order valence-electron chi connectivity index (χ4n) is 3.40. The molecule has 0 saturated carbocycles. The first-order chi connectivity index (χ1) is 13.2. The number of benzene rings is 2. The standard InChI is InChI=1S/C23H26N2O2/c26-22(12-11-19-7-3-1-4-8-19)24-18-23(27)25-15-13-21(14-16-25)17-20-9-5-2-6-10-20/h1-12,21H,13-18H2,(H,24,26)/b12-11+. The van der Waals surface area contributed by atoms with Crippen LogP contribution in [0, 0.1) is 5.92 Å². The molecule has 0 bridgehead atoms. The lowest BCUT2D eigenvalue weighted by Gasteiger charge is -2.32. The number of hydrogen-bond acceptors (Lipinski definition) is 2. The fraction of sp³-hybridized carbons (Fsp3) is 0.304. The third-order valence-electron chi connectivity index (χ3n) is 4.98. The van der Waals surface area contributed by atoms with Gasteiger partial charge in [-0.1, -0.05) is 60.7 Å². The maximum atomic E-state index is 12.3. The van der Waals surface area contributed by atoms with E-state index in [1.807, 2.05) is 41.3 Å². The van der Waals surface area contributed by atoms with Gasteiger partial charge in [-0.05, 0) is 42.4 Å². The molecule has 1 aliphatic heterocycles. The van der Waals surface area contributed by atoms with E-state index in [2.05, 4.69) is 29.6 Å². The van der Waals surface area contributed by atoms with Crippen molar-refractivity contribution < 1.29 is 9.59 Å². The van der Waals surface area contributed by atoms with E-state index >= 15 is 0 Å². The van der Waals surface area contributed by atoms with Gasteiger partial charge in [0.2, 0.25) is 11.8 Å². The average molecular weight is 362 g/mol. The highest BCUT2D eigenvalue weighted by molar-refractivity contribution is 5.94. The van der Waals surface area contributed by atoms with Crippen molar-refractivity contribution in [3.63, 3.8) is 0 Å². The predicted octanol–water partition coefficient (Wildman–Crippen LogP) is 3.30. The van der Waals surface area contributed by atoms with E-state index in [0.29, 0.717) is 5.92 Å². The summed E-state index contributed by atoms with van der Waals surface area (Å²) in [5.74, 6) is 0.376. The number of rotatable bonds is 6. The highest BCUT2D eigenvalue weighted by Gasteiger charge is 2.22. The summed E-state index contributed by atoms with van der Waals surface area (Å²) in [5.41, 5.74) is 2.32. The molecule has 1 saturated heterocycles. The lowest BCUT2D eigenvalue weighted by Crippen LogP contribution is -2.44. The molecule has 3 rings (SSSR count). The zero-order valence-electron chi connectivity index (χ0n) is 15.5. The van der Waals surface area contributed by atoms with Crippen molar-refractivity contribution in [3.8, 4) is 0 Å². The van der Waals surface area contributed by atoms with Crippen molar-refractivity contribution in [2.24, 2.45) is 5.92 Å². The highest BCUT2D eigenvalue weighted by atomic mass is 16.2. The van der Waals surface area contributed by atoms with Gasteiger partial charge in [-0.25, -0.2) is 0 Å². The van der Waals surface area contributed by atoms with Crippen LogP contribution < -0.4 is 5.32 Å². The van der Waals surface area contributed by atoms with Crippen LogP contribution in [0.25, 0.3) is 6.08 Å². The molecule has 0 atom stereocenters. The van der Waals surface area contributed by atoms with Gasteiger partial charge in [0.05, 0.1) is 6.54 Å². The maximum Gasteiger partial charge on any atom is 0.244 e. The van der Waals surface area contributed by atoms with Crippen molar-refractivity contribution in [3.05, 3.63) is 77.9 Å². The summed E-state index contributed by atoms with van der Waals surface area (Å²) in [6.45, 7) is 1.60. The minimum Gasteiger partial charge on any atom is -0.343 e. The third kappa shape index (κ3) is 6.10. The van der Waals surface area contributed by atoms with Crippen molar-refractivity contribution >= 4 is 17.9 Å². The van der Waals surface area contributed by atoms with E-state index in [4.69, 9.17) is 0 Å². The van der Waals surface area contributed by atoms with Gasteiger partial charge in [-0.3, -0.25) is 9.59 Å². The number of nitrogens with zero attached hydrogens (tertiary/aromatic N) is 1. The van der Waals surface area contributed by atoms with Gasteiger partial charge in [0.1, 0.15) is 0 Å². The zero-order valence-corrected chi connectivity index (χ0v) is 15.5. The molecule has 2 aromatic rings. The number of carbonyl (C=O) groups is 2. The summed E-state index contributed by atoms with van der Waals surface area (Å²) in [7, 11) is 0. The van der Waals surface area contributed by atoms with Gasteiger partial charge in [0.15, 0.2) is 0 Å². The quantitative estimate of drug-likeness (QED) is 0.802. The summed E-state index contributed by atoms with van der Waals surface area (Å²) < 4.78 is 0. The molecule has 0 aliphatic carbocycles. The molecule has 2 aromatic carbocycles. The largest absolute Gasteiger partial charge is 0.343 e. The third-order valence-corrected chi connectivity index (χ3v) is 4.98. The Morgan fingerprint density at radius 2 is 1.59 bits per heavy atom. The van der Waals surface area contributed by atoms with E-state index in [9.17, 15) is 9.59 Å². The lowest BCUT2D eigenvalue weighted by molar-refractivity contribution is -0.133. The lowest BCUT2D eigenvalue weighted by atomic mass is 9.90. The fourth-order valence-corrected chi connectivity index (χ4v) is 3.40. The summed E-state index contributed by atoms with van der Waals surface area (Å²) in [5, 5.41) is 2.68. The second-order valence-corrected chi connectivity index (χ2v) is 6.98. The predicted molar refractivity (Wildman–Crippen MR) is 108 cm³/mol. The smallest absolute Gasteiger partial charge is 0.244 e. The van der Waals surface area contributed by atoms with Crippen LogP contribution >= 0.6 is 0 Å². The Morgan fingerprint density at radius 3 is 2.26 bits per heavy atom. The van der Waals surface area contributed by atoms with Crippen LogP contribution in [0.1, 0.15) is 24.0 Å². The van der Waals surface area contributed by atoms with Gasteiger partial charge in [-0.15, -0.1) is 0 Å². The van der Waals surface area contributed by atoms with E-state index < -0.39 is 0 Å². The number of piperidine rings is 1. The second kappa shape index (κ2) is 9.72. The Balaban J connectivity index is 1.38. The summed E-state index contributed by atoms with van der Waals surface area (Å²) in [4.78, 5) is 26.1. The van der Waals surface area contributed by atoms with Gasteiger partial charge >= 0.3 is 0 Å². The number of nitrogens with one attached hydrogen (secondary N) is 1. The van der Waals surface area contributed by atoms with E-state index in [1.54, 1.807) is 6.08 Å². The van der Waals surface area contributed by atoms with Gasteiger partial charge in [0, 0.05) is 19.2 Å². The first kappa shape index (κ1) is 18.9. The van der Waals surface area contributed by atoms with E-state index in [0.717, 1.165) is 37.9 Å². The normalized spacial score (nSPS) is 15.0. The second-order valence-electron chi connectivity index (χ2n) is 6.98. The van der Waals surface area contributed by atoms with Crippen LogP contribution in [0.5, 0.6) is 0 Å². The number of amides is 2. The Kier molecular flexibility index (Phi) is 6.80. The Bertz CT molecular complexity index is 763. The molecule has 4 nitrogen and oxygen atoms in total. The Morgan fingerprint density at radius 1 is 0.963 bits per heavy atom. The van der Waals surface area contributed by atoms with Crippen LogP contribution in [0.2, 0.25) is 0 Å². The van der Waals surface area contributed by atoms with Crippen molar-refractivity contribution in [1.29, 1.82) is 0 Å². The summed E-state index contributed by atoms with van der Waals surface area (Å²) >= 11 is 0. The van der Waals surface area contributed by atoms with Crippen LogP contribution in [0.3, 0.4) is 0 Å². The van der Waals surface area contributed by atoms with Gasteiger partial charge in [0.25, 0.3) is 0 Å². The molecule has 0 aromatic heterocycles. The van der Waals surface area contributed by atoms with Crippen LogP contribution in [0.4, 0.5) is 0 Å². The number of likely N-dealkylation sites (tertiary alicyclic amines) is 1. The highest BCUT2D eigenvalue weighted by Crippen LogP contribution is 2.21. The van der Waals surface area contributed by atoms with Crippen LogP contribution in [-0.2, 0) is 16.0 Å². The number of hydrogen-bond donors (Lipinski definition) is 1. The van der Waals surface area contributed by atoms with Crippen LogP contribution in [-0.4, -0.2) is 36.3 Å². The monoisotopic (exact) mass is 362 g/mol. The number of carbonyl (C=O) groups excluding carboxylic acids is 2. The molecular formula is C23H26N2O2. The van der Waals surface area contributed by atoms with Crippen molar-refractivity contribution in [1.82, 2.24) is 10.2 Å². The van der Waals surface area contributed by atoms with Crippen molar-refractivity contribution in [2.45, 2.75) is 19.3 Å². The first-order valence-corrected chi connectivity index (χ1v) is 9.53. The maximum absolute atomic E-state index is 12.3. The Labute approximate surface area is 160 Å². The SMILES string of the molecule is O=C(/C=C/c1ccccc1)NCC(=O)N1CCC(Cc2ccccc2)CC1. The van der Waals surface area contributed by atoms with Gasteiger partial charge in [-0.2, -0.15) is 0 Å². The molecule has 0 radical (unpaired) electrons. The molecule has 1 N–H and O–H groups in total. The van der Waals surface area contributed by atoms with Crippen molar-refractivity contribution in [2.75, 3.05) is 19.6 Å². The van der Waals surface area contributed by atoms with Gasteiger partial charge < -0.3 is 10.2 Å².